The van der Waals surface area contributed by atoms with Gasteiger partial charge in [-0.15, -0.1) is 0 Å². The van der Waals surface area contributed by atoms with Crippen molar-refractivity contribution in [3.8, 4) is 5.69 Å². The first-order valence-electron chi connectivity index (χ1n) is 8.03. The van der Waals surface area contributed by atoms with E-state index in [0.29, 0.717) is 22.8 Å². The molecule has 0 unspecified atom stereocenters. The number of fused-ring (bicyclic) bond motifs is 1. The standard InChI is InChI=1S/C17H19N5O3S/c1-11(9-25-2)19-14(23)10-26-17-20-15-13(16(24)21-17)8-18-22(15)12-6-4-3-5-7-12/h3-8,11H,9-10H2,1-2H3,(H,19,23)(H,20,21,24)/t11-/m0/s1. The van der Waals surface area contributed by atoms with E-state index in [1.54, 1.807) is 11.8 Å². The van der Waals surface area contributed by atoms with Gasteiger partial charge >= 0.3 is 0 Å². The fourth-order valence-electron chi connectivity index (χ4n) is 2.47. The van der Waals surface area contributed by atoms with Crippen molar-refractivity contribution in [1.82, 2.24) is 25.1 Å². The lowest BCUT2D eigenvalue weighted by atomic mass is 10.3. The molecule has 0 aliphatic rings. The molecule has 3 aromatic rings. The third-order valence-electron chi connectivity index (χ3n) is 3.58. The lowest BCUT2D eigenvalue weighted by molar-refractivity contribution is -0.119. The Kier molecular flexibility index (Phi) is 5.69. The minimum Gasteiger partial charge on any atom is -0.383 e. The molecule has 8 nitrogen and oxygen atoms in total. The van der Waals surface area contributed by atoms with Gasteiger partial charge in [0.05, 0.1) is 24.2 Å². The number of thioether (sulfide) groups is 1. The second-order valence-electron chi connectivity index (χ2n) is 5.71. The maximum Gasteiger partial charge on any atom is 0.262 e. The Morgan fingerprint density at radius 1 is 1.38 bits per heavy atom. The minimum absolute atomic E-state index is 0.0814. The molecule has 3 rings (SSSR count). The Hall–Kier alpha value is -2.65. The molecule has 1 atom stereocenters. The summed E-state index contributed by atoms with van der Waals surface area (Å²) in [6.07, 6.45) is 1.49. The molecule has 0 saturated carbocycles. The van der Waals surface area contributed by atoms with Crippen molar-refractivity contribution < 1.29 is 9.53 Å². The molecule has 2 N–H and O–H groups in total. The normalized spacial score (nSPS) is 12.2. The number of amides is 1. The Balaban J connectivity index is 1.80. The molecule has 0 aliphatic heterocycles. The zero-order valence-corrected chi connectivity index (χ0v) is 15.2. The number of rotatable bonds is 7. The largest absolute Gasteiger partial charge is 0.383 e. The summed E-state index contributed by atoms with van der Waals surface area (Å²) in [6, 6.07) is 9.36. The van der Waals surface area contributed by atoms with Crippen LogP contribution in [-0.4, -0.2) is 51.2 Å². The highest BCUT2D eigenvalue weighted by Gasteiger charge is 2.13. The Labute approximate surface area is 154 Å². The quantitative estimate of drug-likeness (QED) is 0.479. The average molecular weight is 373 g/mol. The molecule has 0 aliphatic carbocycles. The SMILES string of the molecule is COC[C@H](C)NC(=O)CSc1nc2c(cnn2-c2ccccc2)c(=O)[nH]1. The smallest absolute Gasteiger partial charge is 0.262 e. The maximum atomic E-state index is 12.3. The van der Waals surface area contributed by atoms with Crippen LogP contribution in [0.25, 0.3) is 16.7 Å². The number of para-hydroxylation sites is 1. The number of H-pyrrole nitrogens is 1. The number of methoxy groups -OCH3 is 1. The van der Waals surface area contributed by atoms with Crippen molar-refractivity contribution in [2.24, 2.45) is 0 Å². The second-order valence-corrected chi connectivity index (χ2v) is 6.68. The lowest BCUT2D eigenvalue weighted by Gasteiger charge is -2.12. The molecule has 2 heterocycles. The second kappa shape index (κ2) is 8.15. The van der Waals surface area contributed by atoms with Crippen molar-refractivity contribution >= 4 is 28.7 Å². The Bertz CT molecular complexity index is 954. The molecule has 0 radical (unpaired) electrons. The first-order valence-corrected chi connectivity index (χ1v) is 9.01. The first kappa shape index (κ1) is 18.2. The van der Waals surface area contributed by atoms with Crippen LogP contribution >= 0.6 is 11.8 Å². The summed E-state index contributed by atoms with van der Waals surface area (Å²) >= 11 is 1.16. The van der Waals surface area contributed by atoms with Crippen molar-refractivity contribution in [2.75, 3.05) is 19.5 Å². The molecule has 0 saturated heterocycles. The van der Waals surface area contributed by atoms with Crippen molar-refractivity contribution in [1.29, 1.82) is 0 Å². The van der Waals surface area contributed by atoms with E-state index in [2.05, 4.69) is 20.4 Å². The van der Waals surface area contributed by atoms with Gasteiger partial charge in [0.2, 0.25) is 5.91 Å². The number of aromatic amines is 1. The number of hydrogen-bond acceptors (Lipinski definition) is 6. The third-order valence-corrected chi connectivity index (χ3v) is 4.45. The van der Waals surface area contributed by atoms with Crippen LogP contribution in [-0.2, 0) is 9.53 Å². The summed E-state index contributed by atoms with van der Waals surface area (Å²) in [5.41, 5.74) is 0.978. The highest BCUT2D eigenvalue weighted by atomic mass is 32.2. The van der Waals surface area contributed by atoms with E-state index in [1.165, 1.54) is 6.20 Å². The van der Waals surface area contributed by atoms with Crippen LogP contribution < -0.4 is 10.9 Å². The van der Waals surface area contributed by atoms with E-state index in [1.807, 2.05) is 37.3 Å². The van der Waals surface area contributed by atoms with E-state index in [-0.39, 0.29) is 23.3 Å². The van der Waals surface area contributed by atoms with Gasteiger partial charge in [-0.05, 0) is 19.1 Å². The number of carbonyl (C=O) groups is 1. The van der Waals surface area contributed by atoms with Gasteiger partial charge in [-0.2, -0.15) is 5.10 Å². The summed E-state index contributed by atoms with van der Waals surface area (Å²) in [5.74, 6) is -0.0130. The Morgan fingerprint density at radius 3 is 2.88 bits per heavy atom. The predicted octanol–water partition coefficient (Wildman–Crippen LogP) is 1.35. The highest BCUT2D eigenvalue weighted by molar-refractivity contribution is 7.99. The van der Waals surface area contributed by atoms with E-state index in [9.17, 15) is 9.59 Å². The van der Waals surface area contributed by atoms with Gasteiger partial charge < -0.3 is 15.0 Å². The number of nitrogens with one attached hydrogen (secondary N) is 2. The molecule has 136 valence electrons. The highest BCUT2D eigenvalue weighted by Crippen LogP contribution is 2.17. The van der Waals surface area contributed by atoms with Crippen LogP contribution in [0.1, 0.15) is 6.92 Å². The molecule has 0 fully saturated rings. The Morgan fingerprint density at radius 2 is 2.15 bits per heavy atom. The fourth-order valence-corrected chi connectivity index (χ4v) is 3.13. The van der Waals surface area contributed by atoms with Gasteiger partial charge in [0, 0.05) is 13.2 Å². The fraction of sp³-hybridized carbons (Fsp3) is 0.294. The zero-order valence-electron chi connectivity index (χ0n) is 14.4. The van der Waals surface area contributed by atoms with Gasteiger partial charge in [-0.25, -0.2) is 9.67 Å². The molecule has 0 spiro atoms. The number of benzene rings is 1. The van der Waals surface area contributed by atoms with Crippen molar-refractivity contribution in [3.63, 3.8) is 0 Å². The van der Waals surface area contributed by atoms with E-state index in [0.717, 1.165) is 17.4 Å². The van der Waals surface area contributed by atoms with Crippen molar-refractivity contribution in [3.05, 3.63) is 46.9 Å². The van der Waals surface area contributed by atoms with Gasteiger partial charge in [0.15, 0.2) is 10.8 Å². The molecule has 2 aromatic heterocycles. The van der Waals surface area contributed by atoms with Crippen molar-refractivity contribution in [2.45, 2.75) is 18.1 Å². The molecular weight excluding hydrogens is 354 g/mol. The van der Waals surface area contributed by atoms with Gasteiger partial charge in [-0.1, -0.05) is 30.0 Å². The number of aromatic nitrogens is 4. The van der Waals surface area contributed by atoms with Gasteiger partial charge in [-0.3, -0.25) is 9.59 Å². The molecule has 1 aromatic carbocycles. The van der Waals surface area contributed by atoms with Crippen LogP contribution in [0.15, 0.2) is 46.5 Å². The summed E-state index contributed by atoms with van der Waals surface area (Å²) in [4.78, 5) is 31.4. The molecule has 9 heteroatoms. The zero-order chi connectivity index (χ0) is 18.5. The van der Waals surface area contributed by atoms with Gasteiger partial charge in [0.25, 0.3) is 5.56 Å². The van der Waals surface area contributed by atoms with Crippen LogP contribution in [0.4, 0.5) is 0 Å². The molecule has 26 heavy (non-hydrogen) atoms. The first-order chi connectivity index (χ1) is 12.6. The average Bonchev–Trinajstić information content (AvgIpc) is 3.05. The molecule has 1 amide bonds. The summed E-state index contributed by atoms with van der Waals surface area (Å²) in [7, 11) is 1.58. The third kappa shape index (κ3) is 4.12. The predicted molar refractivity (Wildman–Crippen MR) is 99.7 cm³/mol. The van der Waals surface area contributed by atoms with Gasteiger partial charge in [0.1, 0.15) is 5.39 Å². The summed E-state index contributed by atoms with van der Waals surface area (Å²) < 4.78 is 6.59. The molecular formula is C17H19N5O3S. The minimum atomic E-state index is -0.284. The summed E-state index contributed by atoms with van der Waals surface area (Å²) in [6.45, 7) is 2.30. The van der Waals surface area contributed by atoms with Crippen LogP contribution in [0.5, 0.6) is 0 Å². The van der Waals surface area contributed by atoms with E-state index in [4.69, 9.17) is 4.74 Å². The van der Waals surface area contributed by atoms with Crippen LogP contribution in [0.3, 0.4) is 0 Å². The topological polar surface area (TPSA) is 102 Å². The van der Waals surface area contributed by atoms with Crippen LogP contribution in [0, 0.1) is 0 Å². The summed E-state index contributed by atoms with van der Waals surface area (Å²) in [5, 5.41) is 7.84. The number of hydrogen-bond donors (Lipinski definition) is 2. The molecule has 0 bridgehead atoms. The number of ether oxygens (including phenoxy) is 1. The number of nitrogens with zero attached hydrogens (tertiary/aromatic N) is 3. The van der Waals surface area contributed by atoms with E-state index >= 15 is 0 Å². The van der Waals surface area contributed by atoms with Crippen LogP contribution in [0.2, 0.25) is 0 Å². The maximum absolute atomic E-state index is 12.3. The van der Waals surface area contributed by atoms with E-state index < -0.39 is 0 Å². The lowest BCUT2D eigenvalue weighted by Crippen LogP contribution is -2.36. The monoisotopic (exact) mass is 373 g/mol. The number of carbonyl (C=O) groups excluding carboxylic acids is 1.